The number of benzene rings is 1. The Hall–Kier alpha value is -1.85. The van der Waals surface area contributed by atoms with Crippen molar-refractivity contribution in [2.45, 2.75) is 0 Å². The van der Waals surface area contributed by atoms with Gasteiger partial charge in [-0.2, -0.15) is 0 Å². The molecule has 1 heterocycles. The highest BCUT2D eigenvalue weighted by molar-refractivity contribution is 6.33. The normalized spacial score (nSPS) is 9.88. The summed E-state index contributed by atoms with van der Waals surface area (Å²) in [5, 5.41) is 17.2. The Balaban J connectivity index is 2.20. The first-order valence-corrected chi connectivity index (χ1v) is 4.79. The molecule has 0 unspecified atom stereocenters. The monoisotopic (exact) mass is 215 g/mol. The van der Waals surface area contributed by atoms with Crippen LogP contribution in [0.1, 0.15) is 0 Å². The molecule has 0 amide bonds. The number of nitrogens with zero attached hydrogens (tertiary/aromatic N) is 1. The zero-order valence-electron chi connectivity index (χ0n) is 8.45. The average Bonchev–Trinajstić information content (AvgIpc) is 2.30. The number of hydrogen-bond donors (Lipinski definition) is 2. The molecule has 80 valence electrons. The molecule has 1 aromatic carbocycles. The summed E-state index contributed by atoms with van der Waals surface area (Å²) in [4.78, 5) is 4.02. The van der Waals surface area contributed by atoms with E-state index in [-0.39, 0.29) is 0 Å². The van der Waals surface area contributed by atoms with Gasteiger partial charge in [0.15, 0.2) is 0 Å². The minimum Gasteiger partial charge on any atom is -0.512 e. The summed E-state index contributed by atoms with van der Waals surface area (Å²) in [6, 6.07) is 10.8. The second-order valence-electron chi connectivity index (χ2n) is 3.21. The van der Waals surface area contributed by atoms with E-state index in [0.717, 1.165) is 11.1 Å². The third kappa shape index (κ3) is 2.59. The molecule has 4 nitrogen and oxygen atoms in total. The second kappa shape index (κ2) is 4.78. The molecule has 0 atom stereocenters. The highest BCUT2D eigenvalue weighted by atomic mass is 16.6. The second-order valence-corrected chi connectivity index (χ2v) is 3.21. The lowest BCUT2D eigenvalue weighted by molar-refractivity contribution is 0.288. The largest absolute Gasteiger partial charge is 0.707 e. The van der Waals surface area contributed by atoms with E-state index in [4.69, 9.17) is 14.7 Å². The molecular formula is C11H10BNO3. The molecule has 0 saturated heterocycles. The van der Waals surface area contributed by atoms with Gasteiger partial charge in [0.05, 0.1) is 0 Å². The Kier molecular flexibility index (Phi) is 3.19. The SMILES string of the molecule is OB(O)Oc1ccc(-c2cccnc2)cc1. The summed E-state index contributed by atoms with van der Waals surface area (Å²) in [6.45, 7) is 0. The first-order chi connectivity index (χ1) is 7.75. The topological polar surface area (TPSA) is 62.6 Å². The molecule has 2 rings (SSSR count). The van der Waals surface area contributed by atoms with Crippen molar-refractivity contribution in [2.75, 3.05) is 0 Å². The van der Waals surface area contributed by atoms with Gasteiger partial charge >= 0.3 is 7.32 Å². The van der Waals surface area contributed by atoms with Gasteiger partial charge in [0.25, 0.3) is 0 Å². The highest BCUT2D eigenvalue weighted by Gasteiger charge is 2.10. The highest BCUT2D eigenvalue weighted by Crippen LogP contribution is 2.21. The van der Waals surface area contributed by atoms with E-state index in [1.54, 1.807) is 24.5 Å². The predicted molar refractivity (Wildman–Crippen MR) is 60.5 cm³/mol. The van der Waals surface area contributed by atoms with Crippen molar-refractivity contribution in [3.05, 3.63) is 48.8 Å². The van der Waals surface area contributed by atoms with Crippen molar-refractivity contribution in [3.8, 4) is 16.9 Å². The maximum absolute atomic E-state index is 8.62. The van der Waals surface area contributed by atoms with Crippen molar-refractivity contribution in [3.63, 3.8) is 0 Å². The molecule has 0 radical (unpaired) electrons. The number of hydrogen-bond acceptors (Lipinski definition) is 4. The maximum atomic E-state index is 8.62. The van der Waals surface area contributed by atoms with Crippen LogP contribution in [-0.4, -0.2) is 22.4 Å². The van der Waals surface area contributed by atoms with Crippen LogP contribution in [0.2, 0.25) is 0 Å². The minimum absolute atomic E-state index is 0.405. The van der Waals surface area contributed by atoms with Gasteiger partial charge in [-0.15, -0.1) is 0 Å². The van der Waals surface area contributed by atoms with E-state index in [2.05, 4.69) is 4.98 Å². The number of rotatable bonds is 3. The molecule has 16 heavy (non-hydrogen) atoms. The fourth-order valence-corrected chi connectivity index (χ4v) is 1.38. The Morgan fingerprint density at radius 3 is 2.31 bits per heavy atom. The molecule has 0 aliphatic heterocycles. The average molecular weight is 215 g/mol. The number of pyridine rings is 1. The molecule has 0 aliphatic rings. The molecule has 0 saturated carbocycles. The molecule has 0 fully saturated rings. The van der Waals surface area contributed by atoms with Gasteiger partial charge in [-0.3, -0.25) is 4.98 Å². The minimum atomic E-state index is -1.79. The Morgan fingerprint density at radius 1 is 1.00 bits per heavy atom. The van der Waals surface area contributed by atoms with E-state index in [1.807, 2.05) is 24.3 Å². The van der Waals surface area contributed by atoms with Crippen molar-refractivity contribution in [1.29, 1.82) is 0 Å². The van der Waals surface area contributed by atoms with Gasteiger partial charge < -0.3 is 14.7 Å². The fraction of sp³-hybridized carbons (Fsp3) is 0. The van der Waals surface area contributed by atoms with E-state index < -0.39 is 7.32 Å². The summed E-state index contributed by atoms with van der Waals surface area (Å²) < 4.78 is 4.70. The van der Waals surface area contributed by atoms with Crippen LogP contribution < -0.4 is 4.65 Å². The van der Waals surface area contributed by atoms with Crippen molar-refractivity contribution >= 4 is 7.32 Å². The summed E-state index contributed by atoms with van der Waals surface area (Å²) in [5.41, 5.74) is 1.99. The van der Waals surface area contributed by atoms with Gasteiger partial charge in [0.1, 0.15) is 5.75 Å². The van der Waals surface area contributed by atoms with Gasteiger partial charge in [-0.25, -0.2) is 0 Å². The lowest BCUT2D eigenvalue weighted by Crippen LogP contribution is -2.20. The fourth-order valence-electron chi connectivity index (χ4n) is 1.38. The molecule has 1 aromatic heterocycles. The summed E-state index contributed by atoms with van der Waals surface area (Å²) in [6.07, 6.45) is 3.47. The first-order valence-electron chi connectivity index (χ1n) is 4.79. The summed E-state index contributed by atoms with van der Waals surface area (Å²) >= 11 is 0. The summed E-state index contributed by atoms with van der Waals surface area (Å²) in [5.74, 6) is 0.405. The Morgan fingerprint density at radius 2 is 1.75 bits per heavy atom. The first kappa shape index (κ1) is 10.7. The third-order valence-electron chi connectivity index (χ3n) is 2.09. The van der Waals surface area contributed by atoms with E-state index in [1.165, 1.54) is 0 Å². The third-order valence-corrected chi connectivity index (χ3v) is 2.09. The van der Waals surface area contributed by atoms with Crippen LogP contribution in [0, 0.1) is 0 Å². The van der Waals surface area contributed by atoms with Crippen LogP contribution in [0.3, 0.4) is 0 Å². The molecule has 0 bridgehead atoms. The van der Waals surface area contributed by atoms with Crippen LogP contribution in [0.5, 0.6) is 5.75 Å². The van der Waals surface area contributed by atoms with Crippen LogP contribution >= 0.6 is 0 Å². The van der Waals surface area contributed by atoms with Gasteiger partial charge in [0, 0.05) is 12.4 Å². The van der Waals surface area contributed by atoms with E-state index >= 15 is 0 Å². The van der Waals surface area contributed by atoms with Crippen LogP contribution in [0.15, 0.2) is 48.8 Å². The Bertz CT molecular complexity index is 445. The van der Waals surface area contributed by atoms with Crippen molar-refractivity contribution in [2.24, 2.45) is 0 Å². The molecule has 5 heteroatoms. The number of aromatic nitrogens is 1. The molecule has 0 spiro atoms. The zero-order valence-corrected chi connectivity index (χ0v) is 8.45. The maximum Gasteiger partial charge on any atom is 0.707 e. The van der Waals surface area contributed by atoms with E-state index in [0.29, 0.717) is 5.75 Å². The lowest BCUT2D eigenvalue weighted by Gasteiger charge is -2.05. The quantitative estimate of drug-likeness (QED) is 0.752. The van der Waals surface area contributed by atoms with Crippen LogP contribution in [0.4, 0.5) is 0 Å². The van der Waals surface area contributed by atoms with E-state index in [9.17, 15) is 0 Å². The molecule has 2 aromatic rings. The van der Waals surface area contributed by atoms with Gasteiger partial charge in [0.2, 0.25) is 0 Å². The molecule has 0 aliphatic carbocycles. The van der Waals surface area contributed by atoms with Gasteiger partial charge in [-0.05, 0) is 29.3 Å². The van der Waals surface area contributed by atoms with Crippen LogP contribution in [0.25, 0.3) is 11.1 Å². The van der Waals surface area contributed by atoms with Crippen LogP contribution in [-0.2, 0) is 0 Å². The van der Waals surface area contributed by atoms with Crippen molar-refractivity contribution in [1.82, 2.24) is 4.98 Å². The lowest BCUT2D eigenvalue weighted by atomic mass is 10.1. The Labute approximate surface area is 93.3 Å². The molecule has 2 N–H and O–H groups in total. The van der Waals surface area contributed by atoms with Crippen molar-refractivity contribution < 1.29 is 14.7 Å². The summed E-state index contributed by atoms with van der Waals surface area (Å²) in [7, 11) is -1.79. The predicted octanol–water partition coefficient (Wildman–Crippen LogP) is 1.10. The van der Waals surface area contributed by atoms with Gasteiger partial charge in [-0.1, -0.05) is 18.2 Å². The smallest absolute Gasteiger partial charge is 0.512 e. The standard InChI is InChI=1S/C11H10BNO3/c14-12(15)16-11-5-3-9(4-6-11)10-2-1-7-13-8-10/h1-8,14-15H. The zero-order chi connectivity index (χ0) is 11.4. The molecular weight excluding hydrogens is 205 g/mol.